The summed E-state index contributed by atoms with van der Waals surface area (Å²) in [5.41, 5.74) is 0. The Bertz CT molecular complexity index is 581. The van der Waals surface area contributed by atoms with Crippen LogP contribution < -0.4 is 10.6 Å². The first-order valence-corrected chi connectivity index (χ1v) is 9.37. The Labute approximate surface area is 126 Å². The molecule has 2 aromatic rings. The Morgan fingerprint density at radius 2 is 1.48 bits per heavy atom. The topological polar surface area (TPSA) is 26.3 Å². The summed E-state index contributed by atoms with van der Waals surface area (Å²) in [6.45, 7) is 3.71. The molecule has 2 unspecified atom stereocenters. The quantitative estimate of drug-likeness (QED) is 0.810. The summed E-state index contributed by atoms with van der Waals surface area (Å²) in [6, 6.07) is 19.8. The Balaban J connectivity index is 2.01. The van der Waals surface area contributed by atoms with E-state index in [0.29, 0.717) is 18.0 Å². The summed E-state index contributed by atoms with van der Waals surface area (Å²) >= 11 is 0. The third-order valence-corrected chi connectivity index (χ3v) is 7.60. The maximum absolute atomic E-state index is 13.9. The van der Waals surface area contributed by atoms with Crippen LogP contribution in [0.2, 0.25) is 0 Å². The monoisotopic (exact) mass is 300 g/mol. The number of ether oxygens (including phenoxy) is 1. The summed E-state index contributed by atoms with van der Waals surface area (Å²) < 4.78 is 19.4. The molecule has 1 aliphatic rings. The lowest BCUT2D eigenvalue weighted by Gasteiger charge is -2.24. The zero-order valence-corrected chi connectivity index (χ0v) is 13.2. The highest BCUT2D eigenvalue weighted by Gasteiger charge is 2.35. The van der Waals surface area contributed by atoms with E-state index >= 15 is 0 Å². The molecule has 2 aromatic carbocycles. The van der Waals surface area contributed by atoms with Crippen LogP contribution in [0, 0.1) is 11.8 Å². The molecular weight excluding hydrogens is 279 g/mol. The fourth-order valence-electron chi connectivity index (χ4n) is 2.97. The van der Waals surface area contributed by atoms with Gasteiger partial charge < -0.3 is 9.30 Å². The minimum atomic E-state index is -2.59. The molecular formula is C18H21O2P. The third-order valence-electron chi connectivity index (χ3n) is 4.36. The van der Waals surface area contributed by atoms with Crippen LogP contribution >= 0.6 is 7.14 Å². The summed E-state index contributed by atoms with van der Waals surface area (Å²) in [5, 5.41) is 1.91. The molecule has 0 aliphatic carbocycles. The average molecular weight is 300 g/mol. The minimum Gasteiger partial charge on any atom is -0.381 e. The van der Waals surface area contributed by atoms with Gasteiger partial charge in [0.25, 0.3) is 0 Å². The summed E-state index contributed by atoms with van der Waals surface area (Å²) in [6.07, 6.45) is 0.697. The minimum absolute atomic E-state index is 0.372. The molecule has 0 saturated carbocycles. The van der Waals surface area contributed by atoms with E-state index in [2.05, 4.69) is 6.92 Å². The van der Waals surface area contributed by atoms with E-state index < -0.39 is 7.14 Å². The smallest absolute Gasteiger partial charge is 0.143 e. The van der Waals surface area contributed by atoms with Crippen molar-refractivity contribution >= 4 is 17.8 Å². The van der Waals surface area contributed by atoms with Crippen LogP contribution in [0.15, 0.2) is 60.7 Å². The Hall–Kier alpha value is -1.37. The molecule has 1 heterocycles. The van der Waals surface area contributed by atoms with Crippen molar-refractivity contribution in [1.82, 2.24) is 0 Å². The van der Waals surface area contributed by atoms with Crippen LogP contribution in [-0.4, -0.2) is 19.4 Å². The Morgan fingerprint density at radius 1 is 0.952 bits per heavy atom. The highest BCUT2D eigenvalue weighted by atomic mass is 31.2. The first-order chi connectivity index (χ1) is 10.2. The zero-order valence-electron chi connectivity index (χ0n) is 12.3. The zero-order chi connectivity index (χ0) is 14.7. The fourth-order valence-corrected chi connectivity index (χ4v) is 6.12. The molecule has 3 rings (SSSR count). The van der Waals surface area contributed by atoms with Crippen molar-refractivity contribution in [3.05, 3.63) is 60.7 Å². The lowest BCUT2D eigenvalue weighted by Crippen LogP contribution is -2.24. The lowest BCUT2D eigenvalue weighted by molar-refractivity contribution is 0.183. The summed E-state index contributed by atoms with van der Waals surface area (Å²) in [5.74, 6) is 0.849. The molecule has 2 nitrogen and oxygen atoms in total. The summed E-state index contributed by atoms with van der Waals surface area (Å²) in [7, 11) is -2.59. The predicted molar refractivity (Wildman–Crippen MR) is 88.1 cm³/mol. The van der Waals surface area contributed by atoms with Crippen LogP contribution in [0.4, 0.5) is 0 Å². The van der Waals surface area contributed by atoms with Crippen molar-refractivity contribution < 1.29 is 9.30 Å². The predicted octanol–water partition coefficient (Wildman–Crippen LogP) is 3.28. The number of benzene rings is 2. The van der Waals surface area contributed by atoms with E-state index in [9.17, 15) is 4.57 Å². The first kappa shape index (κ1) is 14.6. The molecule has 0 N–H and O–H groups in total. The van der Waals surface area contributed by atoms with Gasteiger partial charge in [0.1, 0.15) is 7.14 Å². The van der Waals surface area contributed by atoms with Gasteiger partial charge in [-0.1, -0.05) is 67.6 Å². The van der Waals surface area contributed by atoms with Crippen LogP contribution in [0.25, 0.3) is 0 Å². The fraction of sp³-hybridized carbons (Fsp3) is 0.333. The normalized spacial score (nSPS) is 22.3. The Morgan fingerprint density at radius 3 is 1.90 bits per heavy atom. The molecule has 110 valence electrons. The second kappa shape index (κ2) is 6.17. The van der Waals surface area contributed by atoms with Crippen molar-refractivity contribution in [1.29, 1.82) is 0 Å². The van der Waals surface area contributed by atoms with Gasteiger partial charge in [-0.15, -0.1) is 0 Å². The van der Waals surface area contributed by atoms with E-state index in [-0.39, 0.29) is 0 Å². The van der Waals surface area contributed by atoms with E-state index in [1.165, 1.54) is 0 Å². The van der Waals surface area contributed by atoms with Crippen LogP contribution in [-0.2, 0) is 9.30 Å². The summed E-state index contributed by atoms with van der Waals surface area (Å²) in [4.78, 5) is 0. The average Bonchev–Trinajstić information content (AvgIpc) is 2.94. The van der Waals surface area contributed by atoms with Gasteiger partial charge in [0.05, 0.1) is 6.61 Å². The first-order valence-electron chi connectivity index (χ1n) is 7.48. The van der Waals surface area contributed by atoms with Gasteiger partial charge in [0.15, 0.2) is 0 Å². The van der Waals surface area contributed by atoms with Crippen molar-refractivity contribution in [3.8, 4) is 0 Å². The maximum atomic E-state index is 13.9. The van der Waals surface area contributed by atoms with Gasteiger partial charge in [-0.05, 0) is 11.8 Å². The number of hydrogen-bond donors (Lipinski definition) is 0. The number of hydrogen-bond acceptors (Lipinski definition) is 2. The molecule has 1 saturated heterocycles. The van der Waals surface area contributed by atoms with Gasteiger partial charge in [-0.3, -0.25) is 0 Å². The third kappa shape index (κ3) is 2.97. The van der Waals surface area contributed by atoms with Crippen molar-refractivity contribution in [2.45, 2.75) is 6.92 Å². The van der Waals surface area contributed by atoms with Gasteiger partial charge in [0.2, 0.25) is 0 Å². The lowest BCUT2D eigenvalue weighted by atomic mass is 10.0. The highest BCUT2D eigenvalue weighted by molar-refractivity contribution is 7.78. The van der Waals surface area contributed by atoms with Crippen LogP contribution in [0.3, 0.4) is 0 Å². The molecule has 21 heavy (non-hydrogen) atoms. The molecule has 0 bridgehead atoms. The Kier molecular flexibility index (Phi) is 4.28. The molecule has 1 fully saturated rings. The van der Waals surface area contributed by atoms with Gasteiger partial charge >= 0.3 is 0 Å². The van der Waals surface area contributed by atoms with Crippen molar-refractivity contribution in [3.63, 3.8) is 0 Å². The standard InChI is InChI=1S/C18H21O2P/c1-15-12-20-13-16(15)14-21(19,17-8-4-2-5-9-17)18-10-6-3-7-11-18/h2-11,15-16H,12-14H2,1H3. The van der Waals surface area contributed by atoms with Gasteiger partial charge in [-0.25, -0.2) is 0 Å². The van der Waals surface area contributed by atoms with Gasteiger partial charge in [-0.2, -0.15) is 0 Å². The molecule has 0 amide bonds. The van der Waals surface area contributed by atoms with Crippen molar-refractivity contribution in [2.24, 2.45) is 11.8 Å². The van der Waals surface area contributed by atoms with Crippen molar-refractivity contribution in [2.75, 3.05) is 19.4 Å². The van der Waals surface area contributed by atoms with E-state index in [0.717, 1.165) is 23.8 Å². The second-order valence-electron chi connectivity index (χ2n) is 5.87. The second-order valence-corrected chi connectivity index (χ2v) is 8.75. The number of rotatable bonds is 4. The molecule has 0 spiro atoms. The van der Waals surface area contributed by atoms with E-state index in [4.69, 9.17) is 4.74 Å². The van der Waals surface area contributed by atoms with E-state index in [1.807, 2.05) is 60.7 Å². The molecule has 1 aliphatic heterocycles. The highest BCUT2D eigenvalue weighted by Crippen LogP contribution is 2.47. The van der Waals surface area contributed by atoms with Crippen LogP contribution in [0.1, 0.15) is 6.92 Å². The van der Waals surface area contributed by atoms with E-state index in [1.54, 1.807) is 0 Å². The molecule has 3 heteroatoms. The van der Waals surface area contributed by atoms with Crippen LogP contribution in [0.5, 0.6) is 0 Å². The molecule has 0 radical (unpaired) electrons. The largest absolute Gasteiger partial charge is 0.381 e. The molecule has 0 aromatic heterocycles. The van der Waals surface area contributed by atoms with Gasteiger partial charge in [0, 0.05) is 23.4 Å². The maximum Gasteiger partial charge on any atom is 0.143 e. The molecule has 2 atom stereocenters. The SMILES string of the molecule is CC1COCC1CP(=O)(c1ccccc1)c1ccccc1.